The van der Waals surface area contributed by atoms with E-state index in [1.54, 1.807) is 30.1 Å². The summed E-state index contributed by atoms with van der Waals surface area (Å²) >= 11 is 1.56. The number of rotatable bonds is 9. The normalized spacial score (nSPS) is 11.4. The number of carbonyl (C=O) groups is 2. The minimum absolute atomic E-state index is 0.0411. The predicted molar refractivity (Wildman–Crippen MR) is 128 cm³/mol. The van der Waals surface area contributed by atoms with Crippen LogP contribution in [0.25, 0.3) is 0 Å². The van der Waals surface area contributed by atoms with Gasteiger partial charge in [-0.1, -0.05) is 29.3 Å². The monoisotopic (exact) mass is 441 g/mol. The minimum Gasteiger partial charge on any atom is -0.484 e. The molecule has 2 amide bonds. The Morgan fingerprint density at radius 2 is 1.68 bits per heavy atom. The summed E-state index contributed by atoms with van der Waals surface area (Å²) in [4.78, 5) is 23.7. The number of nitrogens with one attached hydrogen (secondary N) is 2. The second kappa shape index (κ2) is 11.6. The minimum atomic E-state index is -0.288. The van der Waals surface area contributed by atoms with Crippen LogP contribution in [0.2, 0.25) is 0 Å². The van der Waals surface area contributed by atoms with E-state index >= 15 is 0 Å². The first kappa shape index (κ1) is 24.5. The first-order valence-electron chi connectivity index (χ1n) is 10.1. The molecule has 0 unspecified atom stereocenters. The van der Waals surface area contributed by atoms with Crippen LogP contribution in [0.3, 0.4) is 0 Å². The quantitative estimate of drug-likeness (QED) is 0.456. The lowest BCUT2D eigenvalue weighted by atomic mass is 10.1. The molecule has 2 N–H and O–H groups in total. The van der Waals surface area contributed by atoms with Crippen LogP contribution >= 0.6 is 11.8 Å². The molecule has 166 valence electrons. The van der Waals surface area contributed by atoms with Crippen molar-refractivity contribution in [2.75, 3.05) is 12.4 Å². The number of amides is 2. The van der Waals surface area contributed by atoms with Crippen molar-refractivity contribution >= 4 is 29.8 Å². The van der Waals surface area contributed by atoms with Gasteiger partial charge >= 0.3 is 0 Å². The van der Waals surface area contributed by atoms with Crippen molar-refractivity contribution in [2.24, 2.45) is 5.10 Å². The molecule has 0 atom stereocenters. The number of aryl methyl sites for hydroxylation is 2. The fourth-order valence-corrected chi connectivity index (χ4v) is 3.63. The number of hydrogen-bond donors (Lipinski definition) is 2. The van der Waals surface area contributed by atoms with E-state index in [9.17, 15) is 9.59 Å². The first-order valence-corrected chi connectivity index (χ1v) is 11.3. The van der Waals surface area contributed by atoms with Gasteiger partial charge in [0.15, 0.2) is 6.61 Å². The molecule has 2 aromatic rings. The van der Waals surface area contributed by atoms with Gasteiger partial charge in [-0.25, -0.2) is 5.43 Å². The molecule has 6 nitrogen and oxygen atoms in total. The molecule has 7 heteroatoms. The van der Waals surface area contributed by atoms with Crippen molar-refractivity contribution in [1.29, 1.82) is 0 Å². The zero-order valence-electron chi connectivity index (χ0n) is 18.8. The summed E-state index contributed by atoms with van der Waals surface area (Å²) in [5.41, 5.74) is 6.75. The number of ether oxygens (including phenoxy) is 1. The highest BCUT2D eigenvalue weighted by atomic mass is 32.2. The number of carbonyl (C=O) groups excluding carboxylic acids is 2. The van der Waals surface area contributed by atoms with Crippen LogP contribution in [0.4, 0.5) is 0 Å². The smallest absolute Gasteiger partial charge is 0.258 e. The zero-order chi connectivity index (χ0) is 22.9. The topological polar surface area (TPSA) is 79.8 Å². The van der Waals surface area contributed by atoms with E-state index in [-0.39, 0.29) is 24.0 Å². The Morgan fingerprint density at radius 1 is 1.03 bits per heavy atom. The summed E-state index contributed by atoms with van der Waals surface area (Å²) in [5.74, 6) is 1.41. The van der Waals surface area contributed by atoms with Gasteiger partial charge in [0.05, 0.1) is 12.0 Å². The van der Waals surface area contributed by atoms with Crippen LogP contribution in [0, 0.1) is 13.8 Å². The molecule has 0 saturated carbocycles. The largest absolute Gasteiger partial charge is 0.484 e. The summed E-state index contributed by atoms with van der Waals surface area (Å²) in [5, 5.41) is 6.84. The summed E-state index contributed by atoms with van der Waals surface area (Å²) in [7, 11) is 0. The second-order valence-corrected chi connectivity index (χ2v) is 9.42. The van der Waals surface area contributed by atoms with Gasteiger partial charge in [0.1, 0.15) is 5.75 Å². The van der Waals surface area contributed by atoms with E-state index in [0.29, 0.717) is 11.5 Å². The van der Waals surface area contributed by atoms with E-state index in [4.69, 9.17) is 4.74 Å². The van der Waals surface area contributed by atoms with Crippen LogP contribution in [0.15, 0.2) is 47.6 Å². The summed E-state index contributed by atoms with van der Waals surface area (Å²) in [6.45, 7) is 9.86. The van der Waals surface area contributed by atoms with E-state index in [0.717, 1.165) is 11.3 Å². The molecule has 0 heterocycles. The Balaban J connectivity index is 1.70. The highest BCUT2D eigenvalue weighted by Crippen LogP contribution is 2.15. The second-order valence-electron chi connectivity index (χ2n) is 8.44. The lowest BCUT2D eigenvalue weighted by Gasteiger charge is -2.20. The van der Waals surface area contributed by atoms with Gasteiger partial charge in [-0.3, -0.25) is 9.59 Å². The fraction of sp³-hybridized carbons (Fsp3) is 0.375. The molecular weight excluding hydrogens is 410 g/mol. The maximum atomic E-state index is 12.0. The molecule has 0 aliphatic carbocycles. The number of nitrogens with zero attached hydrogens (tertiary/aromatic N) is 1. The lowest BCUT2D eigenvalue weighted by molar-refractivity contribution is -0.124. The highest BCUT2D eigenvalue weighted by molar-refractivity contribution is 7.99. The molecule has 0 bridgehead atoms. The third-order valence-corrected chi connectivity index (χ3v) is 4.95. The van der Waals surface area contributed by atoms with Crippen molar-refractivity contribution in [3.8, 4) is 5.75 Å². The molecule has 31 heavy (non-hydrogen) atoms. The Bertz CT molecular complexity index is 898. The van der Waals surface area contributed by atoms with Gasteiger partial charge in [-0.05, 0) is 70.0 Å². The Hall–Kier alpha value is -2.80. The maximum absolute atomic E-state index is 12.0. The number of benzene rings is 2. The van der Waals surface area contributed by atoms with Crippen molar-refractivity contribution in [3.05, 3.63) is 64.7 Å². The van der Waals surface area contributed by atoms with Crippen LogP contribution in [0.5, 0.6) is 5.75 Å². The summed E-state index contributed by atoms with van der Waals surface area (Å²) in [6, 6.07) is 13.5. The van der Waals surface area contributed by atoms with Gasteiger partial charge in [0, 0.05) is 11.3 Å². The van der Waals surface area contributed by atoms with E-state index in [1.165, 1.54) is 16.7 Å². The van der Waals surface area contributed by atoms with Crippen molar-refractivity contribution in [1.82, 2.24) is 10.7 Å². The van der Waals surface area contributed by atoms with Gasteiger partial charge < -0.3 is 10.1 Å². The van der Waals surface area contributed by atoms with E-state index in [1.807, 2.05) is 32.9 Å². The molecular formula is C24H31N3O3S. The van der Waals surface area contributed by atoms with Gasteiger partial charge in [-0.2, -0.15) is 5.10 Å². The first-order chi connectivity index (χ1) is 14.6. The van der Waals surface area contributed by atoms with Gasteiger partial charge in [-0.15, -0.1) is 11.8 Å². The molecule has 0 spiro atoms. The molecule has 0 aliphatic heterocycles. The maximum Gasteiger partial charge on any atom is 0.258 e. The summed E-state index contributed by atoms with van der Waals surface area (Å²) in [6.07, 6.45) is 1.57. The van der Waals surface area contributed by atoms with Gasteiger partial charge in [0.2, 0.25) is 5.91 Å². The van der Waals surface area contributed by atoms with E-state index < -0.39 is 0 Å². The third-order valence-electron chi connectivity index (χ3n) is 3.95. The highest BCUT2D eigenvalue weighted by Gasteiger charge is 2.13. The average molecular weight is 442 g/mol. The molecule has 0 aliphatic rings. The average Bonchev–Trinajstić information content (AvgIpc) is 2.65. The van der Waals surface area contributed by atoms with Crippen molar-refractivity contribution in [3.63, 3.8) is 0 Å². The number of hydrogen-bond acceptors (Lipinski definition) is 5. The molecule has 2 rings (SSSR count). The Morgan fingerprint density at radius 3 is 2.29 bits per heavy atom. The molecule has 0 fully saturated rings. The van der Waals surface area contributed by atoms with Crippen molar-refractivity contribution in [2.45, 2.75) is 45.9 Å². The fourth-order valence-electron chi connectivity index (χ4n) is 2.88. The predicted octanol–water partition coefficient (Wildman–Crippen LogP) is 3.98. The molecule has 0 radical (unpaired) electrons. The van der Waals surface area contributed by atoms with Crippen LogP contribution < -0.4 is 15.5 Å². The summed E-state index contributed by atoms with van der Waals surface area (Å²) < 4.78 is 5.48. The van der Waals surface area contributed by atoms with Crippen LogP contribution in [-0.2, 0) is 15.3 Å². The van der Waals surface area contributed by atoms with Crippen molar-refractivity contribution < 1.29 is 14.3 Å². The SMILES string of the molecule is Cc1cc(C)cc(CSCC(=O)N/N=C\c2ccc(OCC(=O)NC(C)(C)C)cc2)c1. The zero-order valence-corrected chi connectivity index (χ0v) is 19.6. The Kier molecular flexibility index (Phi) is 9.12. The van der Waals surface area contributed by atoms with Crippen LogP contribution in [-0.4, -0.2) is 35.9 Å². The lowest BCUT2D eigenvalue weighted by Crippen LogP contribution is -2.43. The number of thioether (sulfide) groups is 1. The molecule has 0 saturated heterocycles. The standard InChI is InChI=1S/C24H31N3O3S/c1-17-10-18(2)12-20(11-17)15-31-16-23(29)27-25-13-19-6-8-21(9-7-19)30-14-22(28)26-24(3,4)5/h6-13H,14-16H2,1-5H3,(H,26,28)(H,27,29)/b25-13-. The Labute approximate surface area is 188 Å². The van der Waals surface area contributed by atoms with E-state index in [2.05, 4.69) is 47.9 Å². The van der Waals surface area contributed by atoms with Crippen LogP contribution in [0.1, 0.15) is 43.0 Å². The van der Waals surface area contributed by atoms with Gasteiger partial charge in [0.25, 0.3) is 5.91 Å². The molecule has 0 aromatic heterocycles. The molecule has 2 aromatic carbocycles. The number of hydrazone groups is 1. The third kappa shape index (κ3) is 10.2.